The molecule has 0 saturated heterocycles. The Morgan fingerprint density at radius 3 is 2.50 bits per heavy atom. The summed E-state index contributed by atoms with van der Waals surface area (Å²) in [5, 5.41) is 11.6. The molecule has 3 heterocycles. The summed E-state index contributed by atoms with van der Waals surface area (Å²) in [7, 11) is 0. The number of aryl methyl sites for hydroxylation is 3. The molecule has 7 heteroatoms. The maximum Gasteiger partial charge on any atom is 0.294 e. The Morgan fingerprint density at radius 1 is 1.10 bits per heavy atom. The highest BCUT2D eigenvalue weighted by molar-refractivity contribution is 7.14. The molecule has 30 heavy (non-hydrogen) atoms. The van der Waals surface area contributed by atoms with Gasteiger partial charge in [-0.3, -0.25) is 19.5 Å². The van der Waals surface area contributed by atoms with E-state index in [0.717, 1.165) is 16.1 Å². The molecule has 3 aromatic rings. The van der Waals surface area contributed by atoms with E-state index < -0.39 is 23.5 Å². The number of aliphatic hydroxyl groups excluding tert-OH is 1. The van der Waals surface area contributed by atoms with Crippen LogP contribution >= 0.6 is 11.3 Å². The van der Waals surface area contributed by atoms with E-state index in [9.17, 15) is 14.7 Å². The van der Waals surface area contributed by atoms with Gasteiger partial charge < -0.3 is 5.11 Å². The largest absolute Gasteiger partial charge is 0.503 e. The summed E-state index contributed by atoms with van der Waals surface area (Å²) >= 11 is 1.26. The zero-order valence-corrected chi connectivity index (χ0v) is 17.9. The minimum absolute atomic E-state index is 0.0337. The summed E-state index contributed by atoms with van der Waals surface area (Å²) in [5.74, 6) is -1.55. The van der Waals surface area contributed by atoms with Gasteiger partial charge in [-0.25, -0.2) is 4.98 Å². The summed E-state index contributed by atoms with van der Waals surface area (Å²) in [5.41, 5.74) is 3.68. The van der Waals surface area contributed by atoms with Crippen LogP contribution in [0.2, 0.25) is 0 Å². The van der Waals surface area contributed by atoms with Crippen LogP contribution in [0.25, 0.3) is 0 Å². The van der Waals surface area contributed by atoms with Gasteiger partial charge in [-0.05, 0) is 57.0 Å². The SMILES string of the molecule is Cc1nc(C)c(C(=O)C2=C(O)C(=O)N(c3cccc(C)c3C)C2c2ccccn2)s1. The Labute approximate surface area is 178 Å². The second kappa shape index (κ2) is 7.50. The lowest BCUT2D eigenvalue weighted by atomic mass is 9.97. The van der Waals surface area contributed by atoms with Gasteiger partial charge in [0.1, 0.15) is 6.04 Å². The van der Waals surface area contributed by atoms with Crippen molar-refractivity contribution in [2.75, 3.05) is 4.90 Å². The third kappa shape index (κ3) is 3.11. The van der Waals surface area contributed by atoms with E-state index in [4.69, 9.17) is 0 Å². The van der Waals surface area contributed by atoms with Crippen LogP contribution in [-0.2, 0) is 4.79 Å². The van der Waals surface area contributed by atoms with E-state index in [-0.39, 0.29) is 5.57 Å². The van der Waals surface area contributed by atoms with Crippen LogP contribution in [0.4, 0.5) is 5.69 Å². The standard InChI is InChI=1S/C23H21N3O3S/c1-12-8-7-10-17(13(12)2)26-19(16-9-5-6-11-24-16)18(21(28)23(26)29)20(27)22-14(3)25-15(4)30-22/h5-11,19,28H,1-4H3. The van der Waals surface area contributed by atoms with E-state index in [0.29, 0.717) is 22.0 Å². The van der Waals surface area contributed by atoms with Crippen LogP contribution in [-0.4, -0.2) is 26.8 Å². The van der Waals surface area contributed by atoms with Gasteiger partial charge in [0.05, 0.1) is 26.8 Å². The number of amides is 1. The number of aromatic nitrogens is 2. The molecule has 1 N–H and O–H groups in total. The predicted octanol–water partition coefficient (Wildman–Crippen LogP) is 4.55. The van der Waals surface area contributed by atoms with Gasteiger partial charge in [0.15, 0.2) is 5.76 Å². The number of ketones is 1. The molecular formula is C23H21N3O3S. The third-order valence-corrected chi connectivity index (χ3v) is 6.44. The third-order valence-electron chi connectivity index (χ3n) is 5.37. The number of carbonyl (C=O) groups is 2. The maximum absolute atomic E-state index is 13.5. The normalized spacial score (nSPS) is 16.5. The number of hydrogen-bond donors (Lipinski definition) is 1. The van der Waals surface area contributed by atoms with Crippen molar-refractivity contribution in [1.82, 2.24) is 9.97 Å². The smallest absolute Gasteiger partial charge is 0.294 e. The molecule has 2 aromatic heterocycles. The second-order valence-electron chi connectivity index (χ2n) is 7.29. The number of anilines is 1. The molecule has 1 aliphatic heterocycles. The topological polar surface area (TPSA) is 83.4 Å². The summed E-state index contributed by atoms with van der Waals surface area (Å²) in [6, 6.07) is 10.1. The van der Waals surface area contributed by atoms with Gasteiger partial charge in [0.2, 0.25) is 5.78 Å². The Kier molecular flexibility index (Phi) is 4.99. The molecule has 0 bridgehead atoms. The Morgan fingerprint density at radius 2 is 1.87 bits per heavy atom. The highest BCUT2D eigenvalue weighted by atomic mass is 32.1. The molecule has 1 aromatic carbocycles. The van der Waals surface area contributed by atoms with Crippen molar-refractivity contribution < 1.29 is 14.7 Å². The number of rotatable bonds is 4. The summed E-state index contributed by atoms with van der Waals surface area (Å²) in [4.78, 5) is 37.3. The minimum atomic E-state index is -0.825. The molecule has 1 amide bonds. The van der Waals surface area contributed by atoms with Crippen molar-refractivity contribution >= 4 is 28.7 Å². The van der Waals surface area contributed by atoms with E-state index in [1.807, 2.05) is 39.0 Å². The number of pyridine rings is 1. The number of Topliss-reactive ketones (excluding diaryl/α,β-unsaturated/α-hetero) is 1. The second-order valence-corrected chi connectivity index (χ2v) is 8.49. The van der Waals surface area contributed by atoms with Crippen LogP contribution < -0.4 is 4.90 Å². The van der Waals surface area contributed by atoms with Crippen molar-refractivity contribution in [2.45, 2.75) is 33.7 Å². The van der Waals surface area contributed by atoms with E-state index in [1.54, 1.807) is 31.3 Å². The molecule has 1 aliphatic rings. The number of carbonyl (C=O) groups excluding carboxylic acids is 2. The first kappa shape index (κ1) is 20.0. The highest BCUT2D eigenvalue weighted by Crippen LogP contribution is 2.43. The fraction of sp³-hybridized carbons (Fsp3) is 0.217. The fourth-order valence-corrected chi connectivity index (χ4v) is 4.64. The number of hydrogen-bond acceptors (Lipinski definition) is 6. The molecular weight excluding hydrogens is 398 g/mol. The Bertz CT molecular complexity index is 1200. The number of benzene rings is 1. The van der Waals surface area contributed by atoms with Crippen LogP contribution in [0.15, 0.2) is 53.9 Å². The van der Waals surface area contributed by atoms with Crippen molar-refractivity contribution in [1.29, 1.82) is 0 Å². The average molecular weight is 420 g/mol. The lowest BCUT2D eigenvalue weighted by Crippen LogP contribution is -2.32. The van der Waals surface area contributed by atoms with Crippen molar-refractivity contribution in [3.05, 3.63) is 86.3 Å². The fourth-order valence-electron chi connectivity index (χ4n) is 3.76. The van der Waals surface area contributed by atoms with Crippen LogP contribution in [0.5, 0.6) is 0 Å². The molecule has 1 atom stereocenters. The first-order chi connectivity index (χ1) is 14.3. The predicted molar refractivity (Wildman–Crippen MR) is 116 cm³/mol. The molecule has 0 aliphatic carbocycles. The molecule has 6 nitrogen and oxygen atoms in total. The quantitative estimate of drug-likeness (QED) is 0.627. The molecule has 0 spiro atoms. The van der Waals surface area contributed by atoms with Crippen LogP contribution in [0, 0.1) is 27.7 Å². The zero-order chi connectivity index (χ0) is 21.6. The lowest BCUT2D eigenvalue weighted by Gasteiger charge is -2.28. The van der Waals surface area contributed by atoms with Crippen molar-refractivity contribution in [3.8, 4) is 0 Å². The van der Waals surface area contributed by atoms with Crippen molar-refractivity contribution in [2.24, 2.45) is 0 Å². The number of nitrogens with zero attached hydrogens (tertiary/aromatic N) is 3. The summed E-state index contributed by atoms with van der Waals surface area (Å²) in [6.07, 6.45) is 1.61. The maximum atomic E-state index is 13.5. The monoisotopic (exact) mass is 419 g/mol. The van der Waals surface area contributed by atoms with Gasteiger partial charge in [0.25, 0.3) is 5.91 Å². The highest BCUT2D eigenvalue weighted by Gasteiger charge is 2.46. The zero-order valence-electron chi connectivity index (χ0n) is 17.1. The van der Waals surface area contributed by atoms with Gasteiger partial charge in [-0.15, -0.1) is 11.3 Å². The first-order valence-corrected chi connectivity index (χ1v) is 10.4. The minimum Gasteiger partial charge on any atom is -0.503 e. The van der Waals surface area contributed by atoms with E-state index in [2.05, 4.69) is 9.97 Å². The van der Waals surface area contributed by atoms with Gasteiger partial charge in [0, 0.05) is 11.9 Å². The van der Waals surface area contributed by atoms with Crippen LogP contribution in [0.3, 0.4) is 0 Å². The molecule has 0 fully saturated rings. The van der Waals surface area contributed by atoms with Gasteiger partial charge in [-0.1, -0.05) is 18.2 Å². The van der Waals surface area contributed by atoms with Gasteiger partial charge >= 0.3 is 0 Å². The van der Waals surface area contributed by atoms with Crippen LogP contribution in [0.1, 0.15) is 43.2 Å². The number of aliphatic hydroxyl groups is 1. The summed E-state index contributed by atoms with van der Waals surface area (Å²) in [6.45, 7) is 7.45. The van der Waals surface area contributed by atoms with E-state index >= 15 is 0 Å². The Balaban J connectivity index is 1.92. The van der Waals surface area contributed by atoms with E-state index in [1.165, 1.54) is 16.2 Å². The number of thiazole rings is 1. The Hall–Kier alpha value is -3.32. The lowest BCUT2D eigenvalue weighted by molar-refractivity contribution is -0.117. The molecule has 152 valence electrons. The average Bonchev–Trinajstić information content (AvgIpc) is 3.20. The molecule has 1 unspecified atom stereocenters. The van der Waals surface area contributed by atoms with Gasteiger partial charge in [-0.2, -0.15) is 0 Å². The molecule has 0 radical (unpaired) electrons. The van der Waals surface area contributed by atoms with Crippen molar-refractivity contribution in [3.63, 3.8) is 0 Å². The first-order valence-electron chi connectivity index (χ1n) is 9.53. The summed E-state index contributed by atoms with van der Waals surface area (Å²) < 4.78 is 0. The molecule has 0 saturated carbocycles. The molecule has 4 rings (SSSR count).